The first-order valence-electron chi connectivity index (χ1n) is 6.99. The van der Waals surface area contributed by atoms with E-state index in [-0.39, 0.29) is 30.8 Å². The number of hydrogen-bond acceptors (Lipinski definition) is 5. The number of aromatic nitrogens is 1. The number of sulfonamides is 1. The lowest BCUT2D eigenvalue weighted by Gasteiger charge is -2.17. The zero-order chi connectivity index (χ0) is 17.5. The summed E-state index contributed by atoms with van der Waals surface area (Å²) in [6.45, 7) is -3.19. The summed E-state index contributed by atoms with van der Waals surface area (Å²) in [5.41, 5.74) is -0.0437. The first-order chi connectivity index (χ1) is 11.3. The van der Waals surface area contributed by atoms with Gasteiger partial charge >= 0.3 is 12.4 Å². The number of H-pyrrole nitrogens is 1. The van der Waals surface area contributed by atoms with Crippen LogP contribution in [0.1, 0.15) is 6.42 Å². The lowest BCUT2D eigenvalue weighted by molar-refractivity contribution is -0.136. The van der Waals surface area contributed by atoms with E-state index in [9.17, 15) is 26.4 Å². The van der Waals surface area contributed by atoms with Crippen molar-refractivity contribution in [3.05, 3.63) is 28.5 Å². The van der Waals surface area contributed by atoms with Crippen molar-refractivity contribution in [2.75, 3.05) is 19.7 Å². The van der Waals surface area contributed by atoms with Crippen molar-refractivity contribution in [3.63, 3.8) is 0 Å². The van der Waals surface area contributed by atoms with Crippen molar-refractivity contribution < 1.29 is 30.7 Å². The minimum absolute atomic E-state index is 0.0427. The van der Waals surface area contributed by atoms with Gasteiger partial charge in [0.05, 0.1) is 12.1 Å². The Balaban J connectivity index is 1.86. The number of aromatic amines is 1. The molecule has 0 radical (unpaired) electrons. The van der Waals surface area contributed by atoms with Gasteiger partial charge in [0.1, 0.15) is 10.7 Å². The summed E-state index contributed by atoms with van der Waals surface area (Å²) in [5.74, 6) is -2.26. The Hall–Kier alpha value is -1.85. The first kappa shape index (κ1) is 17.0. The van der Waals surface area contributed by atoms with Crippen molar-refractivity contribution in [1.29, 1.82) is 0 Å². The van der Waals surface area contributed by atoms with E-state index in [0.29, 0.717) is 6.42 Å². The molecule has 1 unspecified atom stereocenters. The average molecular weight is 366 g/mol. The van der Waals surface area contributed by atoms with Gasteiger partial charge < -0.3 is 9.15 Å². The van der Waals surface area contributed by atoms with Crippen LogP contribution in [0.15, 0.2) is 26.2 Å². The molecule has 0 bridgehead atoms. The van der Waals surface area contributed by atoms with Crippen LogP contribution in [0.25, 0.3) is 11.1 Å². The molecule has 0 spiro atoms. The number of nitrogens with one attached hydrogen (secondary N) is 1. The van der Waals surface area contributed by atoms with Crippen LogP contribution in [0.5, 0.6) is 0 Å². The fourth-order valence-electron chi connectivity index (χ4n) is 2.65. The van der Waals surface area contributed by atoms with Crippen LogP contribution in [-0.2, 0) is 14.8 Å². The Morgan fingerprint density at radius 1 is 1.42 bits per heavy atom. The lowest BCUT2D eigenvalue weighted by atomic mass is 10.1. The number of fused-ring (bicyclic) bond motifs is 1. The van der Waals surface area contributed by atoms with E-state index in [1.807, 2.05) is 0 Å². The summed E-state index contributed by atoms with van der Waals surface area (Å²) in [7, 11) is -4.18. The maximum atomic E-state index is 14.1. The van der Waals surface area contributed by atoms with Crippen LogP contribution >= 0.6 is 0 Å². The summed E-state index contributed by atoms with van der Waals surface area (Å²) in [6, 6.07) is 1.79. The number of oxazole rings is 1. The molecule has 1 N–H and O–H groups in total. The standard InChI is InChI=1S/C13H13F3N2O5S/c14-8-3-9-10(23-13(19)17-9)4-11(8)24(20,21)18-2-1-7(5-18)6-22-12(15)16/h3-4,7,12H,1-2,5-6H2,(H,17,19). The van der Waals surface area contributed by atoms with E-state index in [1.54, 1.807) is 0 Å². The normalized spacial score (nSPS) is 19.6. The number of halogens is 3. The molecule has 1 aliphatic rings. The van der Waals surface area contributed by atoms with E-state index < -0.39 is 39.0 Å². The average Bonchev–Trinajstić information content (AvgIpc) is 3.09. The van der Waals surface area contributed by atoms with E-state index in [1.165, 1.54) is 0 Å². The third-order valence-corrected chi connectivity index (χ3v) is 5.68. The predicted octanol–water partition coefficient (Wildman–Crippen LogP) is 1.51. The van der Waals surface area contributed by atoms with Crippen molar-refractivity contribution in [2.45, 2.75) is 17.9 Å². The number of rotatable bonds is 5. The second kappa shape index (κ2) is 6.22. The molecule has 0 saturated carbocycles. The number of hydrogen-bond donors (Lipinski definition) is 1. The van der Waals surface area contributed by atoms with Gasteiger partial charge in [-0.2, -0.15) is 13.1 Å². The Morgan fingerprint density at radius 2 is 2.17 bits per heavy atom. The minimum Gasteiger partial charge on any atom is -0.408 e. The van der Waals surface area contributed by atoms with E-state index in [0.717, 1.165) is 16.4 Å². The Morgan fingerprint density at radius 3 is 2.88 bits per heavy atom. The van der Waals surface area contributed by atoms with E-state index >= 15 is 0 Å². The zero-order valence-corrected chi connectivity index (χ0v) is 13.0. The molecule has 2 heterocycles. The van der Waals surface area contributed by atoms with Gasteiger partial charge in [0.25, 0.3) is 0 Å². The second-order valence-corrected chi connectivity index (χ2v) is 7.31. The quantitative estimate of drug-likeness (QED) is 0.866. The second-order valence-electron chi connectivity index (χ2n) is 5.41. The zero-order valence-electron chi connectivity index (χ0n) is 12.2. The van der Waals surface area contributed by atoms with Gasteiger partial charge in [0.15, 0.2) is 5.58 Å². The van der Waals surface area contributed by atoms with E-state index in [2.05, 4.69) is 9.72 Å². The first-order valence-corrected chi connectivity index (χ1v) is 8.43. The molecular formula is C13H13F3N2O5S. The highest BCUT2D eigenvalue weighted by atomic mass is 32.2. The van der Waals surface area contributed by atoms with Crippen molar-refractivity contribution in [3.8, 4) is 0 Å². The lowest BCUT2D eigenvalue weighted by Crippen LogP contribution is -2.30. The summed E-state index contributed by atoms with van der Waals surface area (Å²) < 4.78 is 73.3. The third kappa shape index (κ3) is 3.19. The summed E-state index contributed by atoms with van der Waals surface area (Å²) in [6.07, 6.45) is 0.328. The maximum Gasteiger partial charge on any atom is 0.417 e. The predicted molar refractivity (Wildman–Crippen MR) is 75.6 cm³/mol. The molecule has 1 aromatic carbocycles. The Bertz CT molecular complexity index is 908. The molecule has 11 heteroatoms. The number of ether oxygens (including phenoxy) is 1. The molecule has 24 heavy (non-hydrogen) atoms. The van der Waals surface area contributed by atoms with Gasteiger partial charge in [-0.25, -0.2) is 17.6 Å². The molecule has 3 rings (SSSR count). The van der Waals surface area contributed by atoms with Crippen LogP contribution in [0, 0.1) is 11.7 Å². The molecule has 1 atom stereocenters. The highest BCUT2D eigenvalue weighted by Crippen LogP contribution is 2.28. The van der Waals surface area contributed by atoms with Crippen LogP contribution in [-0.4, -0.2) is 44.0 Å². The fourth-order valence-corrected chi connectivity index (χ4v) is 4.24. The summed E-state index contributed by atoms with van der Waals surface area (Å²) >= 11 is 0. The van der Waals surface area contributed by atoms with Gasteiger partial charge in [0, 0.05) is 25.2 Å². The fraction of sp³-hybridized carbons (Fsp3) is 0.462. The highest BCUT2D eigenvalue weighted by Gasteiger charge is 2.35. The maximum absolute atomic E-state index is 14.1. The largest absolute Gasteiger partial charge is 0.417 e. The minimum atomic E-state index is -4.18. The molecule has 132 valence electrons. The number of nitrogens with zero attached hydrogens (tertiary/aromatic N) is 1. The van der Waals surface area contributed by atoms with Crippen LogP contribution in [0.4, 0.5) is 13.2 Å². The molecular weight excluding hydrogens is 353 g/mol. The molecule has 1 fully saturated rings. The van der Waals surface area contributed by atoms with Crippen LogP contribution in [0.3, 0.4) is 0 Å². The Kier molecular flexibility index (Phi) is 4.40. The van der Waals surface area contributed by atoms with Crippen molar-refractivity contribution >= 4 is 21.1 Å². The van der Waals surface area contributed by atoms with E-state index in [4.69, 9.17) is 4.42 Å². The smallest absolute Gasteiger partial charge is 0.408 e. The highest BCUT2D eigenvalue weighted by molar-refractivity contribution is 7.89. The third-order valence-electron chi connectivity index (χ3n) is 3.80. The van der Waals surface area contributed by atoms with Crippen LogP contribution in [0.2, 0.25) is 0 Å². The van der Waals surface area contributed by atoms with Crippen LogP contribution < -0.4 is 5.76 Å². The molecule has 2 aromatic rings. The summed E-state index contributed by atoms with van der Waals surface area (Å²) in [4.78, 5) is 12.7. The van der Waals surface area contributed by atoms with Gasteiger partial charge in [-0.05, 0) is 12.3 Å². The molecule has 1 aromatic heterocycles. The number of alkyl halides is 2. The molecule has 0 amide bonds. The van der Waals surface area contributed by atoms with Crippen molar-refractivity contribution in [2.24, 2.45) is 5.92 Å². The topological polar surface area (TPSA) is 92.6 Å². The Labute approximate surface area is 134 Å². The van der Waals surface area contributed by atoms with Crippen molar-refractivity contribution in [1.82, 2.24) is 9.29 Å². The molecule has 1 saturated heterocycles. The molecule has 1 aliphatic heterocycles. The monoisotopic (exact) mass is 366 g/mol. The molecule has 7 nitrogen and oxygen atoms in total. The van der Waals surface area contributed by atoms with Gasteiger partial charge in [0.2, 0.25) is 10.0 Å². The molecule has 0 aliphatic carbocycles. The van der Waals surface area contributed by atoms with Gasteiger partial charge in [-0.1, -0.05) is 0 Å². The van der Waals surface area contributed by atoms with Gasteiger partial charge in [-0.15, -0.1) is 0 Å². The summed E-state index contributed by atoms with van der Waals surface area (Å²) in [5, 5.41) is 0. The SMILES string of the molecule is O=c1[nH]c2cc(F)c(S(=O)(=O)N3CCC(COC(F)F)C3)cc2o1. The van der Waals surface area contributed by atoms with Gasteiger partial charge in [-0.3, -0.25) is 4.98 Å². The number of benzene rings is 1.